The Morgan fingerprint density at radius 2 is 1.97 bits per heavy atom. The first kappa shape index (κ1) is 19.8. The van der Waals surface area contributed by atoms with Crippen molar-refractivity contribution >= 4 is 34.7 Å². The summed E-state index contributed by atoms with van der Waals surface area (Å²) in [6.07, 6.45) is -0.168. The lowest BCUT2D eigenvalue weighted by Crippen LogP contribution is -2.50. The van der Waals surface area contributed by atoms with Crippen LogP contribution >= 0.6 is 11.8 Å². The number of piperazine rings is 1. The van der Waals surface area contributed by atoms with Gasteiger partial charge >= 0.3 is 6.09 Å². The summed E-state index contributed by atoms with van der Waals surface area (Å²) >= 11 is 1.76. The molecular weight excluding hydrogens is 392 g/mol. The Hall–Kier alpha value is -2.52. The highest BCUT2D eigenvalue weighted by Crippen LogP contribution is 2.28. The zero-order chi connectivity index (χ0) is 20.4. The van der Waals surface area contributed by atoms with Crippen molar-refractivity contribution in [1.82, 2.24) is 20.1 Å². The second-order valence-corrected chi connectivity index (χ2v) is 8.45. The largest absolute Gasteiger partial charge is 0.465 e. The van der Waals surface area contributed by atoms with E-state index in [0.717, 1.165) is 53.0 Å². The molecule has 1 saturated heterocycles. The van der Waals surface area contributed by atoms with Gasteiger partial charge < -0.3 is 20.3 Å². The van der Waals surface area contributed by atoms with Gasteiger partial charge in [-0.25, -0.2) is 4.79 Å². The molecule has 0 bridgehead atoms. The van der Waals surface area contributed by atoms with Crippen LogP contribution in [0.2, 0.25) is 0 Å². The van der Waals surface area contributed by atoms with E-state index in [4.69, 9.17) is 5.11 Å². The third kappa shape index (κ3) is 4.25. The number of fused-ring (bicyclic) bond motifs is 3. The zero-order valence-electron chi connectivity index (χ0n) is 16.1. The summed E-state index contributed by atoms with van der Waals surface area (Å²) in [5.41, 5.74) is 3.32. The number of aryl methyl sites for hydroxylation is 1. The van der Waals surface area contributed by atoms with Gasteiger partial charge in [0.25, 0.3) is 11.5 Å². The molecule has 9 heteroatoms. The SMILES string of the molecule is O=C(O)NCCN1CCN(C(=O)c2ccc3[nH]c(=O)c4c(c3c2)CCSC4)CC1. The van der Waals surface area contributed by atoms with Gasteiger partial charge in [-0.15, -0.1) is 0 Å². The van der Waals surface area contributed by atoms with Crippen LogP contribution in [0.3, 0.4) is 0 Å². The highest BCUT2D eigenvalue weighted by Gasteiger charge is 2.23. The summed E-state index contributed by atoms with van der Waals surface area (Å²) in [5, 5.41) is 12.0. The second-order valence-electron chi connectivity index (χ2n) is 7.34. The fourth-order valence-electron chi connectivity index (χ4n) is 4.00. The van der Waals surface area contributed by atoms with E-state index < -0.39 is 6.09 Å². The number of amides is 2. The lowest BCUT2D eigenvalue weighted by atomic mass is 9.99. The summed E-state index contributed by atoms with van der Waals surface area (Å²) in [6, 6.07) is 5.54. The molecule has 0 saturated carbocycles. The van der Waals surface area contributed by atoms with Crippen molar-refractivity contribution in [2.45, 2.75) is 12.2 Å². The molecule has 0 spiro atoms. The van der Waals surface area contributed by atoms with Crippen LogP contribution in [0.5, 0.6) is 0 Å². The molecule has 1 aromatic heterocycles. The highest BCUT2D eigenvalue weighted by atomic mass is 32.2. The van der Waals surface area contributed by atoms with E-state index in [1.54, 1.807) is 17.8 Å². The quantitative estimate of drug-likeness (QED) is 0.695. The Bertz CT molecular complexity index is 998. The van der Waals surface area contributed by atoms with Gasteiger partial charge in [-0.1, -0.05) is 0 Å². The van der Waals surface area contributed by atoms with Crippen LogP contribution in [-0.2, 0) is 12.2 Å². The number of pyridine rings is 1. The number of H-pyrrole nitrogens is 1. The highest BCUT2D eigenvalue weighted by molar-refractivity contribution is 7.98. The molecular formula is C20H24N4O4S. The fourth-order valence-corrected chi connectivity index (χ4v) is 5.00. The number of hydrogen-bond donors (Lipinski definition) is 3. The predicted molar refractivity (Wildman–Crippen MR) is 113 cm³/mol. The summed E-state index contributed by atoms with van der Waals surface area (Å²) in [5.74, 6) is 1.71. The van der Waals surface area contributed by atoms with E-state index in [1.165, 1.54) is 0 Å². The first-order valence-corrected chi connectivity index (χ1v) is 10.9. The van der Waals surface area contributed by atoms with Crippen molar-refractivity contribution in [1.29, 1.82) is 0 Å². The zero-order valence-corrected chi connectivity index (χ0v) is 16.9. The van der Waals surface area contributed by atoms with Gasteiger partial charge in [0, 0.05) is 67.1 Å². The fraction of sp³-hybridized carbons (Fsp3) is 0.450. The van der Waals surface area contributed by atoms with Gasteiger partial charge in [0.05, 0.1) is 0 Å². The van der Waals surface area contributed by atoms with E-state index in [1.807, 2.05) is 17.0 Å². The second kappa shape index (κ2) is 8.46. The molecule has 2 aliphatic heterocycles. The van der Waals surface area contributed by atoms with Gasteiger partial charge in [0.2, 0.25) is 0 Å². The smallest absolute Gasteiger partial charge is 0.404 e. The molecule has 29 heavy (non-hydrogen) atoms. The summed E-state index contributed by atoms with van der Waals surface area (Å²) in [6.45, 7) is 3.70. The van der Waals surface area contributed by atoms with Crippen molar-refractivity contribution in [3.8, 4) is 0 Å². The summed E-state index contributed by atoms with van der Waals surface area (Å²) in [4.78, 5) is 42.8. The molecule has 8 nitrogen and oxygen atoms in total. The number of nitrogens with one attached hydrogen (secondary N) is 2. The van der Waals surface area contributed by atoms with Crippen LogP contribution in [0.4, 0.5) is 4.79 Å². The van der Waals surface area contributed by atoms with Gasteiger partial charge in [0.15, 0.2) is 0 Å². The van der Waals surface area contributed by atoms with Gasteiger partial charge in [-0.05, 0) is 35.9 Å². The number of carbonyl (C=O) groups excluding carboxylic acids is 1. The number of aromatic amines is 1. The molecule has 4 rings (SSSR count). The Kier molecular flexibility index (Phi) is 5.77. The van der Waals surface area contributed by atoms with Crippen LogP contribution in [0, 0.1) is 0 Å². The van der Waals surface area contributed by atoms with E-state index in [9.17, 15) is 14.4 Å². The minimum absolute atomic E-state index is 0.000320. The average Bonchev–Trinajstić information content (AvgIpc) is 2.73. The lowest BCUT2D eigenvalue weighted by Gasteiger charge is -2.34. The predicted octanol–water partition coefficient (Wildman–Crippen LogP) is 1.34. The van der Waals surface area contributed by atoms with Crippen LogP contribution in [0.1, 0.15) is 21.5 Å². The summed E-state index contributed by atoms with van der Waals surface area (Å²) < 4.78 is 0. The molecule has 3 N–H and O–H groups in total. The molecule has 0 radical (unpaired) electrons. The number of thioether (sulfide) groups is 1. The molecule has 2 aliphatic rings. The van der Waals surface area contributed by atoms with Crippen molar-refractivity contribution in [3.05, 3.63) is 45.2 Å². The number of rotatable bonds is 4. The third-order valence-corrected chi connectivity index (χ3v) is 6.57. The molecule has 2 amide bonds. The molecule has 0 unspecified atom stereocenters. The maximum Gasteiger partial charge on any atom is 0.404 e. The number of aromatic nitrogens is 1. The third-order valence-electron chi connectivity index (χ3n) is 5.58. The first-order chi connectivity index (χ1) is 14.0. The molecule has 3 heterocycles. The number of hydrogen-bond acceptors (Lipinski definition) is 5. The minimum atomic E-state index is -1.02. The number of nitrogens with zero attached hydrogens (tertiary/aromatic N) is 2. The van der Waals surface area contributed by atoms with Crippen molar-refractivity contribution < 1.29 is 14.7 Å². The minimum Gasteiger partial charge on any atom is -0.465 e. The Morgan fingerprint density at radius 1 is 1.17 bits per heavy atom. The van der Waals surface area contributed by atoms with Crippen LogP contribution in [0.25, 0.3) is 10.9 Å². The molecule has 2 aromatic rings. The molecule has 0 atom stereocenters. The molecule has 0 aliphatic carbocycles. The Balaban J connectivity index is 1.47. The topological polar surface area (TPSA) is 106 Å². The van der Waals surface area contributed by atoms with Crippen molar-refractivity contribution in [3.63, 3.8) is 0 Å². The van der Waals surface area contributed by atoms with Gasteiger partial charge in [-0.3, -0.25) is 14.5 Å². The molecule has 1 aromatic carbocycles. The van der Waals surface area contributed by atoms with E-state index in [0.29, 0.717) is 31.7 Å². The monoisotopic (exact) mass is 416 g/mol. The van der Waals surface area contributed by atoms with Crippen molar-refractivity contribution in [2.75, 3.05) is 45.0 Å². The van der Waals surface area contributed by atoms with E-state index in [2.05, 4.69) is 15.2 Å². The normalized spacial score (nSPS) is 17.2. The summed E-state index contributed by atoms with van der Waals surface area (Å²) in [7, 11) is 0. The standard InChI is InChI=1S/C20H24N4O4S/c25-18-16-12-29-10-3-14(16)15-11-13(1-2-17(15)22-18)19(26)24-8-6-23(7-9-24)5-4-21-20(27)28/h1-2,11,21H,3-10,12H2,(H,22,25)(H,27,28). The van der Waals surface area contributed by atoms with Crippen LogP contribution in [0.15, 0.2) is 23.0 Å². The maximum absolute atomic E-state index is 13.0. The van der Waals surface area contributed by atoms with Gasteiger partial charge in [0.1, 0.15) is 0 Å². The van der Waals surface area contributed by atoms with Crippen molar-refractivity contribution in [2.24, 2.45) is 0 Å². The van der Waals surface area contributed by atoms with E-state index in [-0.39, 0.29) is 11.5 Å². The molecule has 154 valence electrons. The lowest BCUT2D eigenvalue weighted by molar-refractivity contribution is 0.0639. The number of benzene rings is 1. The van der Waals surface area contributed by atoms with Crippen LogP contribution in [-0.4, -0.2) is 76.9 Å². The van der Waals surface area contributed by atoms with E-state index >= 15 is 0 Å². The maximum atomic E-state index is 13.0. The Labute approximate surface area is 172 Å². The number of carboxylic acid groups (broad SMARTS) is 1. The number of carbonyl (C=O) groups is 2. The molecule has 1 fully saturated rings. The van der Waals surface area contributed by atoms with Gasteiger partial charge in [-0.2, -0.15) is 11.8 Å². The van der Waals surface area contributed by atoms with Crippen LogP contribution < -0.4 is 10.9 Å². The Morgan fingerprint density at radius 3 is 2.72 bits per heavy atom. The average molecular weight is 417 g/mol. The first-order valence-electron chi connectivity index (χ1n) is 9.77.